The molecule has 1 aliphatic heterocycles. The van der Waals surface area contributed by atoms with Crippen molar-refractivity contribution < 1.29 is 0 Å². The Kier molecular flexibility index (Phi) is 7.44. The van der Waals surface area contributed by atoms with Gasteiger partial charge in [-0.05, 0) is 142 Å². The predicted octanol–water partition coefficient (Wildman–Crippen LogP) is 12.9. The molecule has 0 aliphatic carbocycles. The maximum absolute atomic E-state index is 3.66. The standard InChI is InChI=1S/C43H37Br2N3/c1-42(2)38-23-14-28(26-39(38)43(3,4)46(42)5)29-24-34(47(32-19-15-30(44)16-20-32)33-21-17-31(45)18-22-33)27-35(25-29)48-40-12-8-6-10-36(40)37-11-7-9-13-41(37)48/h6-27H,1-5H3. The Bertz CT molecular complexity index is 2230. The molecule has 238 valence electrons. The number of para-hydroxylation sites is 2. The summed E-state index contributed by atoms with van der Waals surface area (Å²) in [5.41, 5.74) is 11.8. The SMILES string of the molecule is CN1C(C)(C)c2ccc(-c3cc(N(c4ccc(Br)cc4)c4ccc(Br)cc4)cc(-n4c5ccccc5c5ccccc54)c3)cc2C1(C)C. The zero-order valence-corrected chi connectivity index (χ0v) is 31.0. The molecule has 7 aromatic rings. The van der Waals surface area contributed by atoms with Crippen molar-refractivity contribution in [2.24, 2.45) is 0 Å². The number of anilines is 3. The largest absolute Gasteiger partial charge is 0.310 e. The lowest BCUT2D eigenvalue weighted by atomic mass is 9.88. The minimum atomic E-state index is -0.0942. The fourth-order valence-corrected chi connectivity index (χ4v) is 8.20. The first-order valence-corrected chi connectivity index (χ1v) is 18.0. The molecule has 0 radical (unpaired) electrons. The summed E-state index contributed by atoms with van der Waals surface area (Å²) in [5, 5.41) is 2.50. The van der Waals surface area contributed by atoms with Crippen molar-refractivity contribution in [2.45, 2.75) is 38.8 Å². The third-order valence-electron chi connectivity index (χ3n) is 10.5. The second-order valence-corrected chi connectivity index (χ2v) is 15.7. The number of aromatic nitrogens is 1. The van der Waals surface area contributed by atoms with E-state index in [1.165, 1.54) is 44.1 Å². The molecular weight excluding hydrogens is 718 g/mol. The molecule has 0 atom stereocenters. The zero-order chi connectivity index (χ0) is 33.4. The normalized spacial score (nSPS) is 15.2. The van der Waals surface area contributed by atoms with E-state index >= 15 is 0 Å². The molecule has 48 heavy (non-hydrogen) atoms. The van der Waals surface area contributed by atoms with E-state index in [1.54, 1.807) is 0 Å². The van der Waals surface area contributed by atoms with Crippen LogP contribution in [0.15, 0.2) is 142 Å². The molecule has 5 heteroatoms. The fourth-order valence-electron chi connectivity index (χ4n) is 7.67. The van der Waals surface area contributed by atoms with Gasteiger partial charge >= 0.3 is 0 Å². The van der Waals surface area contributed by atoms with Crippen LogP contribution in [0.1, 0.15) is 38.8 Å². The minimum Gasteiger partial charge on any atom is -0.310 e. The van der Waals surface area contributed by atoms with Crippen molar-refractivity contribution in [1.29, 1.82) is 0 Å². The van der Waals surface area contributed by atoms with Crippen LogP contribution >= 0.6 is 31.9 Å². The smallest absolute Gasteiger partial charge is 0.0541 e. The van der Waals surface area contributed by atoms with Crippen LogP contribution in [-0.4, -0.2) is 16.5 Å². The molecule has 6 aromatic carbocycles. The van der Waals surface area contributed by atoms with Gasteiger partial charge < -0.3 is 9.47 Å². The molecule has 3 nitrogen and oxygen atoms in total. The molecule has 2 heterocycles. The lowest BCUT2D eigenvalue weighted by Gasteiger charge is -2.37. The molecule has 0 spiro atoms. The number of rotatable bonds is 5. The average Bonchev–Trinajstić information content (AvgIpc) is 3.49. The van der Waals surface area contributed by atoms with Gasteiger partial charge in [-0.2, -0.15) is 0 Å². The Balaban J connectivity index is 1.43. The monoisotopic (exact) mass is 753 g/mol. The lowest BCUT2D eigenvalue weighted by Crippen LogP contribution is -2.42. The highest BCUT2D eigenvalue weighted by Gasteiger charge is 2.46. The van der Waals surface area contributed by atoms with Crippen LogP contribution in [0.4, 0.5) is 17.1 Å². The Labute approximate surface area is 299 Å². The highest BCUT2D eigenvalue weighted by atomic mass is 79.9. The van der Waals surface area contributed by atoms with Gasteiger partial charge in [0.25, 0.3) is 0 Å². The van der Waals surface area contributed by atoms with Crippen LogP contribution in [0.3, 0.4) is 0 Å². The fraction of sp³-hybridized carbons (Fsp3) is 0.163. The van der Waals surface area contributed by atoms with Crippen LogP contribution in [0.5, 0.6) is 0 Å². The molecule has 0 N–H and O–H groups in total. The van der Waals surface area contributed by atoms with E-state index in [2.05, 4.69) is 214 Å². The average molecular weight is 756 g/mol. The van der Waals surface area contributed by atoms with Gasteiger partial charge in [0.05, 0.1) is 11.0 Å². The van der Waals surface area contributed by atoms with Crippen LogP contribution < -0.4 is 4.90 Å². The molecular formula is C43H37Br2N3. The summed E-state index contributed by atoms with van der Waals surface area (Å²) in [7, 11) is 2.25. The van der Waals surface area contributed by atoms with Crippen LogP contribution in [-0.2, 0) is 11.1 Å². The third-order valence-corrected chi connectivity index (χ3v) is 11.6. The van der Waals surface area contributed by atoms with Gasteiger partial charge in [0, 0.05) is 53.5 Å². The van der Waals surface area contributed by atoms with Crippen molar-refractivity contribution in [2.75, 3.05) is 11.9 Å². The summed E-state index contributed by atoms with van der Waals surface area (Å²) in [6.45, 7) is 9.34. The van der Waals surface area contributed by atoms with Gasteiger partial charge in [0.1, 0.15) is 0 Å². The van der Waals surface area contributed by atoms with Gasteiger partial charge in [-0.15, -0.1) is 0 Å². The van der Waals surface area contributed by atoms with E-state index in [0.717, 1.165) is 31.7 Å². The van der Waals surface area contributed by atoms with Gasteiger partial charge in [-0.1, -0.05) is 80.4 Å². The van der Waals surface area contributed by atoms with Crippen LogP contribution in [0, 0.1) is 0 Å². The first kappa shape index (κ1) is 31.1. The molecule has 0 saturated heterocycles. The number of nitrogens with zero attached hydrogens (tertiary/aromatic N) is 3. The number of fused-ring (bicyclic) bond motifs is 4. The molecule has 1 aromatic heterocycles. The van der Waals surface area contributed by atoms with Gasteiger partial charge in [-0.25, -0.2) is 0 Å². The molecule has 1 aliphatic rings. The van der Waals surface area contributed by atoms with Crippen molar-refractivity contribution >= 4 is 70.7 Å². The van der Waals surface area contributed by atoms with E-state index in [4.69, 9.17) is 0 Å². The number of halogens is 2. The molecule has 0 saturated carbocycles. The summed E-state index contributed by atoms with van der Waals surface area (Å²) >= 11 is 7.31. The quantitative estimate of drug-likeness (QED) is 0.173. The van der Waals surface area contributed by atoms with Gasteiger partial charge in [0.15, 0.2) is 0 Å². The topological polar surface area (TPSA) is 11.4 Å². The summed E-state index contributed by atoms with van der Waals surface area (Å²) in [6, 6.07) is 48.8. The van der Waals surface area contributed by atoms with E-state index in [1.807, 2.05) is 0 Å². The number of hydrogen-bond donors (Lipinski definition) is 0. The third kappa shape index (κ3) is 4.94. The minimum absolute atomic E-state index is 0.0483. The van der Waals surface area contributed by atoms with E-state index in [-0.39, 0.29) is 11.1 Å². The van der Waals surface area contributed by atoms with Crippen LogP contribution in [0.2, 0.25) is 0 Å². The first-order chi connectivity index (χ1) is 23.0. The predicted molar refractivity (Wildman–Crippen MR) is 210 cm³/mol. The molecule has 0 amide bonds. The Morgan fingerprint density at radius 1 is 0.500 bits per heavy atom. The number of hydrogen-bond acceptors (Lipinski definition) is 2. The summed E-state index contributed by atoms with van der Waals surface area (Å²) in [5.74, 6) is 0. The van der Waals surface area contributed by atoms with Crippen molar-refractivity contribution in [3.8, 4) is 16.8 Å². The maximum Gasteiger partial charge on any atom is 0.0541 e. The summed E-state index contributed by atoms with van der Waals surface area (Å²) in [4.78, 5) is 4.85. The highest BCUT2D eigenvalue weighted by molar-refractivity contribution is 9.10. The lowest BCUT2D eigenvalue weighted by molar-refractivity contribution is 0.0730. The summed E-state index contributed by atoms with van der Waals surface area (Å²) < 4.78 is 4.53. The summed E-state index contributed by atoms with van der Waals surface area (Å²) in [6.07, 6.45) is 0. The van der Waals surface area contributed by atoms with Crippen molar-refractivity contribution in [3.63, 3.8) is 0 Å². The molecule has 0 unspecified atom stereocenters. The van der Waals surface area contributed by atoms with E-state index in [0.29, 0.717) is 0 Å². The van der Waals surface area contributed by atoms with Gasteiger partial charge in [-0.3, -0.25) is 4.90 Å². The molecule has 0 bridgehead atoms. The second kappa shape index (κ2) is 11.5. The van der Waals surface area contributed by atoms with E-state index < -0.39 is 0 Å². The highest BCUT2D eigenvalue weighted by Crippen LogP contribution is 2.50. The maximum atomic E-state index is 3.66. The second-order valence-electron chi connectivity index (χ2n) is 13.8. The Hall–Kier alpha value is -4.16. The first-order valence-electron chi connectivity index (χ1n) is 16.4. The Morgan fingerprint density at radius 3 is 1.58 bits per heavy atom. The van der Waals surface area contributed by atoms with Crippen LogP contribution in [0.25, 0.3) is 38.6 Å². The molecule has 8 rings (SSSR count). The zero-order valence-electron chi connectivity index (χ0n) is 27.8. The number of benzene rings is 6. The van der Waals surface area contributed by atoms with Gasteiger partial charge in [0.2, 0.25) is 0 Å². The Morgan fingerprint density at radius 2 is 1.02 bits per heavy atom. The molecule has 0 fully saturated rings. The van der Waals surface area contributed by atoms with Crippen molar-refractivity contribution in [1.82, 2.24) is 9.47 Å². The van der Waals surface area contributed by atoms with Crippen molar-refractivity contribution in [3.05, 3.63) is 154 Å². The van der Waals surface area contributed by atoms with E-state index in [9.17, 15) is 0 Å².